The van der Waals surface area contributed by atoms with Gasteiger partial charge in [0.25, 0.3) is 11.1 Å². The maximum Gasteiger partial charge on any atom is 0.294 e. The van der Waals surface area contributed by atoms with Gasteiger partial charge in [0, 0.05) is 28.7 Å². The number of halogens is 2. The van der Waals surface area contributed by atoms with E-state index >= 15 is 0 Å². The summed E-state index contributed by atoms with van der Waals surface area (Å²) in [6.07, 6.45) is 4.67. The number of imide groups is 1. The molecule has 172 valence electrons. The predicted molar refractivity (Wildman–Crippen MR) is 130 cm³/mol. The number of hydrogen-bond acceptors (Lipinski definition) is 5. The van der Waals surface area contributed by atoms with Crippen LogP contribution in [0.25, 0.3) is 6.08 Å². The molecule has 0 atom stereocenters. The van der Waals surface area contributed by atoms with Crippen molar-refractivity contribution in [1.82, 2.24) is 9.80 Å². The number of nitrogens with zero attached hydrogens (tertiary/aromatic N) is 2. The number of piperidine rings is 1. The fraction of sp³-hybridized carbons (Fsp3) is 0.292. The maximum absolute atomic E-state index is 12.7. The predicted octanol–water partition coefficient (Wildman–Crippen LogP) is 5.62. The van der Waals surface area contributed by atoms with Gasteiger partial charge in [0.15, 0.2) is 0 Å². The molecule has 2 aromatic carbocycles. The highest BCUT2D eigenvalue weighted by molar-refractivity contribution is 8.18. The molecule has 2 aliphatic rings. The zero-order chi connectivity index (χ0) is 23.4. The maximum atomic E-state index is 12.7. The minimum atomic E-state index is -0.437. The molecule has 0 saturated carbocycles. The summed E-state index contributed by atoms with van der Waals surface area (Å²) in [7, 11) is 0. The molecule has 0 unspecified atom stereocenters. The summed E-state index contributed by atoms with van der Waals surface area (Å²) in [5.74, 6) is 0.0204. The second-order valence-corrected chi connectivity index (χ2v) is 9.64. The van der Waals surface area contributed by atoms with Gasteiger partial charge in [-0.3, -0.25) is 19.3 Å². The van der Waals surface area contributed by atoms with Gasteiger partial charge >= 0.3 is 0 Å². The van der Waals surface area contributed by atoms with Crippen molar-refractivity contribution >= 4 is 58.1 Å². The summed E-state index contributed by atoms with van der Waals surface area (Å²) in [5.41, 5.74) is 1.57. The summed E-state index contributed by atoms with van der Waals surface area (Å²) < 4.78 is 5.77. The molecular formula is C24H22Cl2N2O4S. The molecule has 9 heteroatoms. The van der Waals surface area contributed by atoms with Crippen LogP contribution in [0.2, 0.25) is 10.0 Å². The SMILES string of the molecule is O=C(CN1C(=O)S/C(=C\c2ccc(OCc3ccc(Cl)cc3Cl)cc2)C1=O)N1CCCCC1. The van der Waals surface area contributed by atoms with Gasteiger partial charge in [-0.15, -0.1) is 0 Å². The first-order chi connectivity index (χ1) is 15.9. The molecule has 0 spiro atoms. The van der Waals surface area contributed by atoms with Gasteiger partial charge in [0.05, 0.1) is 4.91 Å². The average Bonchev–Trinajstić information content (AvgIpc) is 3.07. The molecule has 2 aliphatic heterocycles. The quantitative estimate of drug-likeness (QED) is 0.477. The molecule has 6 nitrogen and oxygen atoms in total. The fourth-order valence-corrected chi connectivity index (χ4v) is 4.93. The number of rotatable bonds is 6. The summed E-state index contributed by atoms with van der Waals surface area (Å²) in [6.45, 7) is 1.45. The highest BCUT2D eigenvalue weighted by atomic mass is 35.5. The Hall–Kier alpha value is -2.48. The zero-order valence-corrected chi connectivity index (χ0v) is 20.1. The van der Waals surface area contributed by atoms with Gasteiger partial charge < -0.3 is 9.64 Å². The normalized spacial score (nSPS) is 17.7. The van der Waals surface area contributed by atoms with E-state index in [1.807, 2.05) is 6.07 Å². The molecule has 0 radical (unpaired) electrons. The number of thioether (sulfide) groups is 1. The van der Waals surface area contributed by atoms with Crippen LogP contribution in [-0.4, -0.2) is 46.5 Å². The Morgan fingerprint density at radius 1 is 1.03 bits per heavy atom. The Kier molecular flexibility index (Phi) is 7.63. The van der Waals surface area contributed by atoms with Crippen LogP contribution in [0.1, 0.15) is 30.4 Å². The number of ether oxygens (including phenoxy) is 1. The van der Waals surface area contributed by atoms with Gasteiger partial charge in [0.1, 0.15) is 18.9 Å². The first-order valence-corrected chi connectivity index (χ1v) is 12.2. The molecule has 2 aromatic rings. The van der Waals surface area contributed by atoms with Crippen LogP contribution >= 0.6 is 35.0 Å². The zero-order valence-electron chi connectivity index (χ0n) is 17.8. The van der Waals surface area contributed by atoms with Crippen LogP contribution < -0.4 is 4.74 Å². The summed E-state index contributed by atoms with van der Waals surface area (Å²) >= 11 is 12.9. The molecule has 0 aromatic heterocycles. The van der Waals surface area contributed by atoms with E-state index in [2.05, 4.69) is 0 Å². The highest BCUT2D eigenvalue weighted by Crippen LogP contribution is 2.32. The molecule has 3 amide bonds. The number of carbonyl (C=O) groups excluding carboxylic acids is 3. The minimum absolute atomic E-state index is 0.180. The minimum Gasteiger partial charge on any atom is -0.489 e. The lowest BCUT2D eigenvalue weighted by atomic mass is 10.1. The molecule has 33 heavy (non-hydrogen) atoms. The van der Waals surface area contributed by atoms with Crippen LogP contribution in [0.3, 0.4) is 0 Å². The molecule has 2 fully saturated rings. The van der Waals surface area contributed by atoms with Gasteiger partial charge in [-0.2, -0.15) is 0 Å². The Morgan fingerprint density at radius 3 is 2.45 bits per heavy atom. The number of hydrogen-bond donors (Lipinski definition) is 0. The number of amides is 3. The lowest BCUT2D eigenvalue weighted by molar-refractivity contribution is -0.136. The Morgan fingerprint density at radius 2 is 1.76 bits per heavy atom. The van der Waals surface area contributed by atoms with E-state index < -0.39 is 11.1 Å². The Bertz CT molecular complexity index is 1100. The third kappa shape index (κ3) is 5.91. The van der Waals surface area contributed by atoms with Gasteiger partial charge in [-0.25, -0.2) is 0 Å². The first kappa shape index (κ1) is 23.7. The van der Waals surface area contributed by atoms with E-state index in [-0.39, 0.29) is 12.5 Å². The van der Waals surface area contributed by atoms with E-state index in [1.165, 1.54) is 0 Å². The standard InChI is InChI=1S/C24H22Cl2N2O4S/c25-18-7-6-17(20(26)13-18)15-32-19-8-4-16(5-9-19)12-21-23(30)28(24(31)33-21)14-22(29)27-10-2-1-3-11-27/h4-9,12-13H,1-3,10-11,14-15H2/b21-12-. The van der Waals surface area contributed by atoms with Crippen LogP contribution in [0, 0.1) is 0 Å². The average molecular weight is 505 g/mol. The van der Waals surface area contributed by atoms with Crippen molar-refractivity contribution in [3.8, 4) is 5.75 Å². The van der Waals surface area contributed by atoms with Crippen molar-refractivity contribution in [2.45, 2.75) is 25.9 Å². The second-order valence-electron chi connectivity index (χ2n) is 7.80. The van der Waals surface area contributed by atoms with E-state index in [4.69, 9.17) is 27.9 Å². The van der Waals surface area contributed by atoms with Crippen LogP contribution in [0.15, 0.2) is 47.4 Å². The molecule has 0 aliphatic carbocycles. The number of carbonyl (C=O) groups is 3. The van der Waals surface area contributed by atoms with Crippen molar-refractivity contribution in [3.05, 3.63) is 68.5 Å². The lowest BCUT2D eigenvalue weighted by Crippen LogP contribution is -2.44. The van der Waals surface area contributed by atoms with Crippen molar-refractivity contribution < 1.29 is 19.1 Å². The monoisotopic (exact) mass is 504 g/mol. The van der Waals surface area contributed by atoms with Crippen molar-refractivity contribution in [2.24, 2.45) is 0 Å². The topological polar surface area (TPSA) is 66.9 Å². The Balaban J connectivity index is 1.36. The lowest BCUT2D eigenvalue weighted by Gasteiger charge is -2.27. The smallest absolute Gasteiger partial charge is 0.294 e. The molecule has 2 heterocycles. The van der Waals surface area contributed by atoms with Crippen molar-refractivity contribution in [3.63, 3.8) is 0 Å². The summed E-state index contributed by atoms with van der Waals surface area (Å²) in [5, 5.41) is 0.679. The summed E-state index contributed by atoms with van der Waals surface area (Å²) in [6, 6.07) is 12.4. The fourth-order valence-electron chi connectivity index (χ4n) is 3.63. The molecular weight excluding hydrogens is 483 g/mol. The second kappa shape index (κ2) is 10.6. The Labute approximate surface area is 206 Å². The largest absolute Gasteiger partial charge is 0.489 e. The van der Waals surface area contributed by atoms with Crippen molar-refractivity contribution in [1.29, 1.82) is 0 Å². The van der Waals surface area contributed by atoms with Crippen molar-refractivity contribution in [2.75, 3.05) is 19.6 Å². The van der Waals surface area contributed by atoms with Gasteiger partial charge in [-0.05, 0) is 66.9 Å². The summed E-state index contributed by atoms with van der Waals surface area (Å²) in [4.78, 5) is 40.6. The molecule has 0 N–H and O–H groups in total. The number of likely N-dealkylation sites (tertiary alicyclic amines) is 1. The van der Waals surface area contributed by atoms with E-state index in [1.54, 1.807) is 47.4 Å². The van der Waals surface area contributed by atoms with Gasteiger partial charge in [0.2, 0.25) is 5.91 Å². The third-order valence-corrected chi connectivity index (χ3v) is 6.96. The van der Waals surface area contributed by atoms with Crippen LogP contribution in [-0.2, 0) is 16.2 Å². The molecule has 2 saturated heterocycles. The highest BCUT2D eigenvalue weighted by Gasteiger charge is 2.37. The molecule has 0 bridgehead atoms. The molecule has 4 rings (SSSR count). The first-order valence-electron chi connectivity index (χ1n) is 10.6. The van der Waals surface area contributed by atoms with E-state index in [0.29, 0.717) is 40.4 Å². The third-order valence-electron chi connectivity index (χ3n) is 5.46. The van der Waals surface area contributed by atoms with E-state index in [0.717, 1.165) is 47.1 Å². The number of benzene rings is 2. The van der Waals surface area contributed by atoms with Gasteiger partial charge in [-0.1, -0.05) is 41.4 Å². The van der Waals surface area contributed by atoms with Crippen LogP contribution in [0.5, 0.6) is 5.75 Å². The van der Waals surface area contributed by atoms with E-state index in [9.17, 15) is 14.4 Å². The van der Waals surface area contributed by atoms with Crippen LogP contribution in [0.4, 0.5) is 4.79 Å².